The van der Waals surface area contributed by atoms with Gasteiger partial charge in [-0.1, -0.05) is 26.1 Å². The Kier molecular flexibility index (Phi) is 19.3. The van der Waals surface area contributed by atoms with Crippen molar-refractivity contribution in [3.63, 3.8) is 0 Å². The van der Waals surface area contributed by atoms with Crippen molar-refractivity contribution in [3.8, 4) is 0 Å². The Labute approximate surface area is 82.0 Å². The van der Waals surface area contributed by atoms with Crippen LogP contribution < -0.4 is 18.5 Å². The van der Waals surface area contributed by atoms with Gasteiger partial charge < -0.3 is 28.2 Å². The van der Waals surface area contributed by atoms with Crippen LogP contribution in [0, 0.1) is 0 Å². The van der Waals surface area contributed by atoms with E-state index in [0.29, 0.717) is 0 Å². The molecule has 0 atom stereocenters. The maximum atomic E-state index is 9.02. The lowest BCUT2D eigenvalue weighted by atomic mass is 11.0. The van der Waals surface area contributed by atoms with Gasteiger partial charge in [-0.15, -0.1) is 10.1 Å². The summed E-state index contributed by atoms with van der Waals surface area (Å²) in [6, 6.07) is 0. The van der Waals surface area contributed by atoms with E-state index >= 15 is 0 Å². The van der Waals surface area contributed by atoms with Gasteiger partial charge >= 0.3 is 0 Å². The van der Waals surface area contributed by atoms with Crippen LogP contribution in [0.15, 0.2) is 0 Å². The minimum absolute atomic E-state index is 0. The summed E-state index contributed by atoms with van der Waals surface area (Å²) < 4.78 is 0. The second-order valence-electron chi connectivity index (χ2n) is 1.55. The van der Waals surface area contributed by atoms with Crippen LogP contribution in [0.1, 0.15) is 13.8 Å². The predicted molar refractivity (Wildman–Crippen MR) is 63.9 cm³/mol. The van der Waals surface area contributed by atoms with Crippen LogP contribution in [0.3, 0.4) is 0 Å². The van der Waals surface area contributed by atoms with Gasteiger partial charge in [-0.25, -0.2) is 0 Å². The van der Waals surface area contributed by atoms with Gasteiger partial charge in [-0.2, -0.15) is 0 Å². The van der Waals surface area contributed by atoms with Crippen LogP contribution in [0.4, 0.5) is 0 Å². The van der Waals surface area contributed by atoms with E-state index < -0.39 is 5.69 Å². The van der Waals surface area contributed by atoms with E-state index in [9.17, 15) is 0 Å². The monoisotopic (exact) mass is 239 g/mol. The van der Waals surface area contributed by atoms with E-state index in [4.69, 9.17) is 9.79 Å². The van der Waals surface area contributed by atoms with E-state index in [0.717, 1.165) is 11.5 Å². The van der Waals surface area contributed by atoms with Crippen LogP contribution in [0.25, 0.3) is 0 Å². The highest BCUT2D eigenvalue weighted by molar-refractivity contribution is 8.65. The van der Waals surface area contributed by atoms with Crippen LogP contribution in [-0.2, 0) is 10.1 Å². The minimum atomic E-state index is -2.80. The molecule has 0 unspecified atom stereocenters. The lowest BCUT2D eigenvalue weighted by Crippen LogP contribution is -1.96. The Balaban J connectivity index is -0.000000107. The molecule has 0 aromatic heterocycles. The Bertz CT molecular complexity index is 135. The highest BCUT2D eigenvalue weighted by Crippen LogP contribution is 2.46. The molecule has 0 spiro atoms. The van der Waals surface area contributed by atoms with Crippen molar-refractivity contribution < 1.29 is 9.79 Å². The number of hydrogen-bond donors (Lipinski definition) is 6. The fourth-order valence-corrected chi connectivity index (χ4v) is 5.81. The van der Waals surface area contributed by atoms with E-state index in [2.05, 4.69) is 12.2 Å². The molecule has 0 fully saturated rings. The molecule has 12 heavy (non-hydrogen) atoms. The third-order valence-electron chi connectivity index (χ3n) is 1.01. The van der Waals surface area contributed by atoms with Crippen LogP contribution in [0.5, 0.6) is 0 Å². The van der Waals surface area contributed by atoms with Crippen molar-refractivity contribution in [2.45, 2.75) is 13.8 Å². The summed E-state index contributed by atoms with van der Waals surface area (Å²) in [4.78, 5) is 18.0. The van der Waals surface area contributed by atoms with Gasteiger partial charge in [0, 0.05) is 0 Å². The first kappa shape index (κ1) is 23.1. The Morgan fingerprint density at radius 2 is 1.33 bits per heavy atom. The van der Waals surface area contributed by atoms with Crippen LogP contribution in [0.2, 0.25) is 0 Å². The van der Waals surface area contributed by atoms with Gasteiger partial charge in [0.25, 0.3) is 0 Å². The quantitative estimate of drug-likeness (QED) is 0.321. The summed E-state index contributed by atoms with van der Waals surface area (Å²) in [5.74, 6) is 1.64. The van der Waals surface area contributed by atoms with E-state index in [1.807, 2.05) is 13.8 Å². The Hall–Kier alpha value is 0.930. The second kappa shape index (κ2) is 10.0. The van der Waals surface area contributed by atoms with Crippen molar-refractivity contribution in [3.05, 3.63) is 0 Å². The molecule has 0 saturated carbocycles. The molecule has 0 saturated heterocycles. The van der Waals surface area contributed by atoms with Crippen molar-refractivity contribution in [1.82, 2.24) is 18.5 Å². The summed E-state index contributed by atoms with van der Waals surface area (Å²) in [5, 5.41) is 0. The minimum Gasteiger partial charge on any atom is -0.344 e. The van der Waals surface area contributed by atoms with Gasteiger partial charge in [0.05, 0.1) is 0 Å². The summed E-state index contributed by atoms with van der Waals surface area (Å²) in [6.07, 6.45) is 0. The molecule has 0 amide bonds. The van der Waals surface area contributed by atoms with Gasteiger partial charge in [0.15, 0.2) is 5.69 Å². The molecule has 5 nitrogen and oxygen atoms in total. The maximum absolute atomic E-state index is 9.02. The maximum Gasteiger partial charge on any atom is 0.198 e. The first-order chi connectivity index (χ1) is 4.02. The van der Waals surface area contributed by atoms with Gasteiger partial charge in [0.2, 0.25) is 0 Å². The first-order valence-electron chi connectivity index (χ1n) is 2.77. The standard InChI is InChI=1S/C4H13O2PS2.3H3N/c1-3-9(4-2)7(5,6)8;;;/h5-6,8H,3-4H2,1-2H3;3*1H3. The number of hydrogen-bond acceptors (Lipinski definition) is 3. The lowest BCUT2D eigenvalue weighted by molar-refractivity contribution is 0.502. The fourth-order valence-electron chi connectivity index (χ4n) is 0.551. The van der Waals surface area contributed by atoms with Crippen molar-refractivity contribution in [2.24, 2.45) is 0 Å². The molecule has 0 aliphatic carbocycles. The molecule has 8 heteroatoms. The highest BCUT2D eigenvalue weighted by atomic mass is 32.9. The molecule has 0 bridgehead atoms. The van der Waals surface area contributed by atoms with E-state index in [1.54, 1.807) is 0 Å². The average molecular weight is 239 g/mol. The summed E-state index contributed by atoms with van der Waals surface area (Å²) in [6.45, 7) is 3.90. The largest absolute Gasteiger partial charge is 0.344 e. The zero-order chi connectivity index (χ0) is 7.49. The van der Waals surface area contributed by atoms with Crippen LogP contribution >= 0.6 is 17.9 Å². The summed E-state index contributed by atoms with van der Waals surface area (Å²) in [5.41, 5.74) is -2.80. The van der Waals surface area contributed by atoms with E-state index in [1.165, 1.54) is 0 Å². The molecule has 0 aliphatic rings. The van der Waals surface area contributed by atoms with Crippen molar-refractivity contribution >= 4 is 28.0 Å². The molecule has 0 radical (unpaired) electrons. The number of rotatable bonds is 2. The molecular formula is C4H22N3O2PS2. The Morgan fingerprint density at radius 3 is 1.33 bits per heavy atom. The molecule has 0 aromatic rings. The topological polar surface area (TPSA) is 145 Å². The summed E-state index contributed by atoms with van der Waals surface area (Å²) >= 11 is 3.74. The van der Waals surface area contributed by atoms with Crippen molar-refractivity contribution in [1.29, 1.82) is 0 Å². The smallest absolute Gasteiger partial charge is 0.198 e. The van der Waals surface area contributed by atoms with E-state index in [-0.39, 0.29) is 28.5 Å². The fraction of sp³-hybridized carbons (Fsp3) is 1.00. The van der Waals surface area contributed by atoms with Crippen LogP contribution in [-0.4, -0.2) is 21.3 Å². The predicted octanol–water partition coefficient (Wildman–Crippen LogP) is 1.72. The summed E-state index contributed by atoms with van der Waals surface area (Å²) in [7, 11) is -0.269. The first-order valence-corrected chi connectivity index (χ1v) is 7.79. The van der Waals surface area contributed by atoms with Gasteiger partial charge in [0.1, 0.15) is 0 Å². The average Bonchev–Trinajstić information content (AvgIpc) is 1.65. The second-order valence-corrected chi connectivity index (χ2v) is 10.2. The molecule has 0 aromatic carbocycles. The molecule has 82 valence electrons. The third-order valence-corrected chi connectivity index (χ3v) is 8.74. The van der Waals surface area contributed by atoms with Crippen molar-refractivity contribution in [2.75, 3.05) is 11.5 Å². The molecule has 0 rings (SSSR count). The molecule has 0 heterocycles. The highest BCUT2D eigenvalue weighted by Gasteiger charge is 2.05. The lowest BCUT2D eigenvalue weighted by Gasteiger charge is -2.11. The van der Waals surface area contributed by atoms with Gasteiger partial charge in [-0.3, -0.25) is 0 Å². The number of thiol groups is 1. The zero-order valence-corrected chi connectivity index (χ0v) is 10.3. The Morgan fingerprint density at radius 1 is 1.08 bits per heavy atom. The zero-order valence-electron chi connectivity index (χ0n) is 7.73. The van der Waals surface area contributed by atoms with Gasteiger partial charge in [-0.05, 0) is 11.5 Å². The SMILES string of the molecule is CCS(CC)=P(O)(O)S.N.N.N. The molecule has 0 aliphatic heterocycles. The third kappa shape index (κ3) is 9.02. The normalized spacial score (nSPS) is 9.50. The molecular weight excluding hydrogens is 217 g/mol. The molecule has 11 N–H and O–H groups in total.